The molecule has 0 fully saturated rings. The predicted octanol–water partition coefficient (Wildman–Crippen LogP) is 2.04. The molecule has 1 rings (SSSR count). The number of rotatable bonds is 6. The molecule has 0 aliphatic rings. The van der Waals surface area contributed by atoms with Crippen molar-refractivity contribution >= 4 is 39.1 Å². The zero-order valence-electron chi connectivity index (χ0n) is 9.64. The van der Waals surface area contributed by atoms with E-state index >= 15 is 0 Å². The maximum atomic E-state index is 11.3. The maximum absolute atomic E-state index is 11.3. The number of carbonyl (C=O) groups excluding carboxylic acids is 1. The molecular weight excluding hydrogens is 321 g/mol. The van der Waals surface area contributed by atoms with Crippen molar-refractivity contribution in [2.75, 3.05) is 16.5 Å². The molecule has 1 aromatic carbocycles. The summed E-state index contributed by atoms with van der Waals surface area (Å²) < 4.78 is 0. The summed E-state index contributed by atoms with van der Waals surface area (Å²) in [7, 11) is 0. The van der Waals surface area contributed by atoms with Crippen molar-refractivity contribution in [1.29, 1.82) is 0 Å². The first-order chi connectivity index (χ1) is 8.58. The Morgan fingerprint density at radius 1 is 1.33 bits per heavy atom. The topological polar surface area (TPSA) is 69.6 Å². The van der Waals surface area contributed by atoms with Crippen LogP contribution in [-0.2, 0) is 4.79 Å². The third kappa shape index (κ3) is 4.57. The Bertz CT molecular complexity index is 385. The molecule has 0 aromatic heterocycles. The lowest BCUT2D eigenvalue weighted by Crippen LogP contribution is -2.19. The summed E-state index contributed by atoms with van der Waals surface area (Å²) in [6.07, 6.45) is -1.55. The summed E-state index contributed by atoms with van der Waals surface area (Å²) in [5, 5.41) is 22.2. The molecule has 18 heavy (non-hydrogen) atoms. The summed E-state index contributed by atoms with van der Waals surface area (Å²) in [6.45, 7) is 0. The number of benzene rings is 1. The normalized spacial score (nSPS) is 14.0. The molecular formula is C12H15BrClNO3. The highest BCUT2D eigenvalue weighted by Gasteiger charge is 2.16. The van der Waals surface area contributed by atoms with Crippen LogP contribution in [0, 0.1) is 0 Å². The Morgan fingerprint density at radius 2 is 1.94 bits per heavy atom. The molecule has 0 saturated carbocycles. The number of anilines is 1. The monoisotopic (exact) mass is 335 g/mol. The van der Waals surface area contributed by atoms with Gasteiger partial charge in [-0.25, -0.2) is 0 Å². The van der Waals surface area contributed by atoms with Crippen molar-refractivity contribution in [3.63, 3.8) is 0 Å². The zero-order valence-corrected chi connectivity index (χ0v) is 12.0. The number of carbonyl (C=O) groups is 1. The minimum absolute atomic E-state index is 0.154. The van der Waals surface area contributed by atoms with Crippen LogP contribution in [0.2, 0.25) is 0 Å². The number of hydrogen-bond donors (Lipinski definition) is 3. The van der Waals surface area contributed by atoms with Crippen molar-refractivity contribution in [2.45, 2.75) is 18.6 Å². The van der Waals surface area contributed by atoms with Crippen LogP contribution in [-0.4, -0.2) is 33.4 Å². The van der Waals surface area contributed by atoms with Gasteiger partial charge in [-0.3, -0.25) is 4.79 Å². The Morgan fingerprint density at radius 3 is 2.44 bits per heavy atom. The Kier molecular flexibility index (Phi) is 6.63. The van der Waals surface area contributed by atoms with Gasteiger partial charge in [0, 0.05) is 23.3 Å². The van der Waals surface area contributed by atoms with E-state index in [0.717, 1.165) is 0 Å². The molecule has 6 heteroatoms. The maximum Gasteiger partial charge on any atom is 0.225 e. The average molecular weight is 337 g/mol. The van der Waals surface area contributed by atoms with E-state index in [2.05, 4.69) is 21.2 Å². The first-order valence-corrected chi connectivity index (χ1v) is 7.12. The zero-order chi connectivity index (χ0) is 13.5. The molecule has 2 atom stereocenters. The minimum atomic E-state index is -0.947. The summed E-state index contributed by atoms with van der Waals surface area (Å²) in [6, 6.07) is 6.66. The van der Waals surface area contributed by atoms with Crippen LogP contribution in [0.15, 0.2) is 24.3 Å². The van der Waals surface area contributed by atoms with Gasteiger partial charge in [0.15, 0.2) is 0 Å². The predicted molar refractivity (Wildman–Crippen MR) is 75.2 cm³/mol. The van der Waals surface area contributed by atoms with E-state index in [4.69, 9.17) is 11.6 Å². The van der Waals surface area contributed by atoms with E-state index in [-0.39, 0.29) is 18.2 Å². The summed E-state index contributed by atoms with van der Waals surface area (Å²) in [5.74, 6) is 0.124. The van der Waals surface area contributed by atoms with Gasteiger partial charge in [0.1, 0.15) is 6.10 Å². The Balaban J connectivity index is 2.65. The molecule has 3 N–H and O–H groups in total. The van der Waals surface area contributed by atoms with Crippen LogP contribution < -0.4 is 5.32 Å². The first-order valence-electron chi connectivity index (χ1n) is 5.46. The van der Waals surface area contributed by atoms with Crippen LogP contribution in [0.3, 0.4) is 0 Å². The summed E-state index contributed by atoms with van der Waals surface area (Å²) in [4.78, 5) is 11.3. The van der Waals surface area contributed by atoms with Gasteiger partial charge in [-0.1, -0.05) is 28.1 Å². The standard InChI is InChI=1S/C12H15BrClNO3/c13-7-10(16)12(18)8-1-3-9(4-2-8)15-11(17)5-6-14/h1-4,10,12,16,18H,5-7H2,(H,15,17). The van der Waals surface area contributed by atoms with E-state index in [0.29, 0.717) is 16.6 Å². The summed E-state index contributed by atoms with van der Waals surface area (Å²) in [5.41, 5.74) is 1.23. The van der Waals surface area contributed by atoms with Gasteiger partial charge >= 0.3 is 0 Å². The number of aliphatic hydroxyl groups is 2. The quantitative estimate of drug-likeness (QED) is 0.696. The minimum Gasteiger partial charge on any atom is -0.389 e. The van der Waals surface area contributed by atoms with Gasteiger partial charge in [0.05, 0.1) is 6.10 Å². The van der Waals surface area contributed by atoms with Gasteiger partial charge in [0.2, 0.25) is 5.91 Å². The van der Waals surface area contributed by atoms with Crippen molar-refractivity contribution in [3.8, 4) is 0 Å². The van der Waals surface area contributed by atoms with Crippen LogP contribution in [0.5, 0.6) is 0 Å². The highest BCUT2D eigenvalue weighted by Crippen LogP contribution is 2.20. The lowest BCUT2D eigenvalue weighted by atomic mass is 10.1. The fourth-order valence-corrected chi connectivity index (χ4v) is 1.91. The fourth-order valence-electron chi connectivity index (χ4n) is 1.38. The molecule has 0 aliphatic heterocycles. The van der Waals surface area contributed by atoms with E-state index < -0.39 is 12.2 Å². The van der Waals surface area contributed by atoms with Crippen molar-refractivity contribution in [3.05, 3.63) is 29.8 Å². The molecule has 0 bridgehead atoms. The molecule has 0 heterocycles. The number of nitrogens with one attached hydrogen (secondary N) is 1. The molecule has 0 aliphatic carbocycles. The smallest absolute Gasteiger partial charge is 0.225 e. The van der Waals surface area contributed by atoms with Crippen LogP contribution in [0.4, 0.5) is 5.69 Å². The second-order valence-corrected chi connectivity index (χ2v) is 4.80. The number of alkyl halides is 2. The number of aliphatic hydroxyl groups excluding tert-OH is 2. The number of halogens is 2. The van der Waals surface area contributed by atoms with Crippen LogP contribution in [0.25, 0.3) is 0 Å². The second-order valence-electron chi connectivity index (χ2n) is 3.78. The molecule has 0 radical (unpaired) electrons. The Labute approximate surface area is 119 Å². The molecule has 1 aromatic rings. The van der Waals surface area contributed by atoms with E-state index in [1.807, 2.05) is 0 Å². The number of amides is 1. The van der Waals surface area contributed by atoms with Crippen molar-refractivity contribution in [2.24, 2.45) is 0 Å². The lowest BCUT2D eigenvalue weighted by Gasteiger charge is -2.16. The first kappa shape index (κ1) is 15.4. The largest absolute Gasteiger partial charge is 0.389 e. The number of hydrogen-bond acceptors (Lipinski definition) is 3. The van der Waals surface area contributed by atoms with E-state index in [1.165, 1.54) is 0 Å². The van der Waals surface area contributed by atoms with E-state index in [1.54, 1.807) is 24.3 Å². The highest BCUT2D eigenvalue weighted by molar-refractivity contribution is 9.09. The molecule has 4 nitrogen and oxygen atoms in total. The van der Waals surface area contributed by atoms with Crippen molar-refractivity contribution in [1.82, 2.24) is 0 Å². The van der Waals surface area contributed by atoms with Gasteiger partial charge < -0.3 is 15.5 Å². The molecule has 0 spiro atoms. The third-order valence-corrected chi connectivity index (χ3v) is 3.23. The van der Waals surface area contributed by atoms with Crippen LogP contribution in [0.1, 0.15) is 18.1 Å². The molecule has 1 amide bonds. The second kappa shape index (κ2) is 7.74. The van der Waals surface area contributed by atoms with Crippen molar-refractivity contribution < 1.29 is 15.0 Å². The lowest BCUT2D eigenvalue weighted by molar-refractivity contribution is -0.115. The molecule has 2 unspecified atom stereocenters. The van der Waals surface area contributed by atoms with Gasteiger partial charge in [-0.15, -0.1) is 11.6 Å². The van der Waals surface area contributed by atoms with E-state index in [9.17, 15) is 15.0 Å². The Hall–Kier alpha value is -0.620. The molecule has 100 valence electrons. The molecule has 0 saturated heterocycles. The highest BCUT2D eigenvalue weighted by atomic mass is 79.9. The summed E-state index contributed by atoms with van der Waals surface area (Å²) >= 11 is 8.55. The van der Waals surface area contributed by atoms with Gasteiger partial charge in [0.25, 0.3) is 0 Å². The third-order valence-electron chi connectivity index (χ3n) is 2.38. The van der Waals surface area contributed by atoms with Gasteiger partial charge in [-0.05, 0) is 17.7 Å². The average Bonchev–Trinajstić information content (AvgIpc) is 2.38. The van der Waals surface area contributed by atoms with Gasteiger partial charge in [-0.2, -0.15) is 0 Å². The fraction of sp³-hybridized carbons (Fsp3) is 0.417. The SMILES string of the molecule is O=C(CCCl)Nc1ccc(C(O)C(O)CBr)cc1. The van der Waals surface area contributed by atoms with Crippen LogP contribution >= 0.6 is 27.5 Å².